The molecule has 0 spiro atoms. The van der Waals surface area contributed by atoms with E-state index >= 15 is 0 Å². The van der Waals surface area contributed by atoms with E-state index in [1.165, 1.54) is 6.07 Å². The van der Waals surface area contributed by atoms with Crippen LogP contribution in [0.25, 0.3) is 0 Å². The first kappa shape index (κ1) is 24.6. The standard InChI is InChI=1S/C18H23BrF2N4O2.HI/c1-18(2,3)14-9-23-15(27-14)10-25-17(22-4)24-8-11-7-12(19)5-6-13(11)26-16(20)21;/h5-7,9,16H,8,10H2,1-4H3,(H2,22,24,25);1H. The van der Waals surface area contributed by atoms with E-state index in [0.29, 0.717) is 24.0 Å². The molecule has 0 unspecified atom stereocenters. The van der Waals surface area contributed by atoms with E-state index in [1.54, 1.807) is 25.4 Å². The molecule has 0 aliphatic rings. The fourth-order valence-corrected chi connectivity index (χ4v) is 2.60. The fourth-order valence-electron chi connectivity index (χ4n) is 2.19. The van der Waals surface area contributed by atoms with Crippen molar-refractivity contribution in [2.75, 3.05) is 7.05 Å². The van der Waals surface area contributed by atoms with Gasteiger partial charge in [-0.1, -0.05) is 36.7 Å². The van der Waals surface area contributed by atoms with Gasteiger partial charge < -0.3 is 19.8 Å². The maximum absolute atomic E-state index is 12.6. The van der Waals surface area contributed by atoms with Crippen molar-refractivity contribution in [3.63, 3.8) is 0 Å². The van der Waals surface area contributed by atoms with E-state index in [-0.39, 0.29) is 41.7 Å². The highest BCUT2D eigenvalue weighted by Gasteiger charge is 2.19. The van der Waals surface area contributed by atoms with E-state index < -0.39 is 6.61 Å². The van der Waals surface area contributed by atoms with Crippen LogP contribution in [0.1, 0.15) is 38.0 Å². The maximum atomic E-state index is 12.6. The Morgan fingerprint density at radius 3 is 2.54 bits per heavy atom. The number of guanidine groups is 1. The van der Waals surface area contributed by atoms with Crippen molar-refractivity contribution in [3.05, 3.63) is 46.1 Å². The zero-order chi connectivity index (χ0) is 20.0. The van der Waals surface area contributed by atoms with Gasteiger partial charge in [-0.3, -0.25) is 4.99 Å². The van der Waals surface area contributed by atoms with Gasteiger partial charge in [0, 0.05) is 29.0 Å². The van der Waals surface area contributed by atoms with Crippen LogP contribution in [0.2, 0.25) is 0 Å². The van der Waals surface area contributed by atoms with Crippen molar-refractivity contribution in [3.8, 4) is 5.75 Å². The summed E-state index contributed by atoms with van der Waals surface area (Å²) >= 11 is 3.33. The molecule has 0 saturated carbocycles. The quantitative estimate of drug-likeness (QED) is 0.295. The van der Waals surface area contributed by atoms with Crippen LogP contribution in [0.4, 0.5) is 8.78 Å². The first-order chi connectivity index (χ1) is 12.7. The first-order valence-corrected chi connectivity index (χ1v) is 9.11. The predicted octanol–water partition coefficient (Wildman–Crippen LogP) is 4.82. The molecule has 28 heavy (non-hydrogen) atoms. The van der Waals surface area contributed by atoms with Crippen molar-refractivity contribution in [2.24, 2.45) is 4.99 Å². The topological polar surface area (TPSA) is 71.7 Å². The third-order valence-corrected chi connectivity index (χ3v) is 4.10. The van der Waals surface area contributed by atoms with Crippen LogP contribution in [0.3, 0.4) is 0 Å². The van der Waals surface area contributed by atoms with Gasteiger partial charge in [0.1, 0.15) is 11.5 Å². The molecule has 0 amide bonds. The molecule has 1 aromatic heterocycles. The second-order valence-electron chi connectivity index (χ2n) is 6.78. The van der Waals surface area contributed by atoms with Crippen LogP contribution in [-0.2, 0) is 18.5 Å². The minimum atomic E-state index is -2.88. The highest BCUT2D eigenvalue weighted by Crippen LogP contribution is 2.25. The van der Waals surface area contributed by atoms with Gasteiger partial charge in [0.25, 0.3) is 0 Å². The van der Waals surface area contributed by atoms with Crippen molar-refractivity contribution in [1.82, 2.24) is 15.6 Å². The van der Waals surface area contributed by atoms with Gasteiger partial charge in [0.15, 0.2) is 5.96 Å². The molecule has 0 atom stereocenters. The summed E-state index contributed by atoms with van der Waals surface area (Å²) in [6.45, 7) is 3.84. The lowest BCUT2D eigenvalue weighted by molar-refractivity contribution is -0.0504. The van der Waals surface area contributed by atoms with Crippen LogP contribution in [0.5, 0.6) is 5.75 Å². The number of ether oxygens (including phenoxy) is 1. The van der Waals surface area contributed by atoms with Gasteiger partial charge in [-0.05, 0) is 18.2 Å². The second kappa shape index (κ2) is 10.9. The number of hydrogen-bond acceptors (Lipinski definition) is 4. The third-order valence-electron chi connectivity index (χ3n) is 3.61. The number of aromatic nitrogens is 1. The number of aliphatic imine (C=N–C) groups is 1. The lowest BCUT2D eigenvalue weighted by Crippen LogP contribution is -2.36. The van der Waals surface area contributed by atoms with Crippen molar-refractivity contribution >= 4 is 45.9 Å². The van der Waals surface area contributed by atoms with Crippen molar-refractivity contribution in [1.29, 1.82) is 0 Å². The van der Waals surface area contributed by atoms with Gasteiger partial charge >= 0.3 is 6.61 Å². The van der Waals surface area contributed by atoms with E-state index in [4.69, 9.17) is 4.42 Å². The summed E-state index contributed by atoms with van der Waals surface area (Å²) < 4.78 is 36.1. The Morgan fingerprint density at radius 2 is 1.96 bits per heavy atom. The van der Waals surface area contributed by atoms with E-state index in [0.717, 1.165) is 10.2 Å². The summed E-state index contributed by atoms with van der Waals surface area (Å²) in [5, 5.41) is 6.14. The Morgan fingerprint density at radius 1 is 1.29 bits per heavy atom. The Kier molecular flexibility index (Phi) is 9.61. The highest BCUT2D eigenvalue weighted by atomic mass is 127. The lowest BCUT2D eigenvalue weighted by atomic mass is 9.94. The smallest absolute Gasteiger partial charge is 0.387 e. The molecule has 2 N–H and O–H groups in total. The predicted molar refractivity (Wildman–Crippen MR) is 118 cm³/mol. The SMILES string of the molecule is CN=C(NCc1ncc(C(C)(C)C)o1)NCc1cc(Br)ccc1OC(F)F.I. The molecular weight excluding hydrogens is 549 g/mol. The van der Waals surface area contributed by atoms with Crippen LogP contribution in [0, 0.1) is 0 Å². The van der Waals surface area contributed by atoms with Gasteiger partial charge in [-0.2, -0.15) is 8.78 Å². The second-order valence-corrected chi connectivity index (χ2v) is 7.69. The normalized spacial score (nSPS) is 11.9. The minimum Gasteiger partial charge on any atom is -0.443 e. The van der Waals surface area contributed by atoms with Crippen LogP contribution in [0.15, 0.2) is 38.3 Å². The number of hydrogen-bond donors (Lipinski definition) is 2. The molecular formula is C18H24BrF2IN4O2. The number of rotatable bonds is 6. The zero-order valence-corrected chi connectivity index (χ0v) is 20.0. The summed E-state index contributed by atoms with van der Waals surface area (Å²) in [5.74, 6) is 1.92. The first-order valence-electron chi connectivity index (χ1n) is 8.32. The summed E-state index contributed by atoms with van der Waals surface area (Å²) in [4.78, 5) is 8.36. The Labute approximate surface area is 188 Å². The lowest BCUT2D eigenvalue weighted by Gasteiger charge is -2.15. The molecule has 156 valence electrons. The van der Waals surface area contributed by atoms with Gasteiger partial charge in [-0.15, -0.1) is 24.0 Å². The third kappa shape index (κ3) is 7.53. The van der Waals surface area contributed by atoms with Crippen molar-refractivity contribution < 1.29 is 17.9 Å². The largest absolute Gasteiger partial charge is 0.443 e. The van der Waals surface area contributed by atoms with E-state index in [9.17, 15) is 8.78 Å². The van der Waals surface area contributed by atoms with Gasteiger partial charge in [0.05, 0.1) is 12.7 Å². The van der Waals surface area contributed by atoms with Crippen LogP contribution in [-0.4, -0.2) is 24.6 Å². The molecule has 10 heteroatoms. The Hall–Kier alpha value is -1.43. The Bertz CT molecular complexity index is 794. The fraction of sp³-hybridized carbons (Fsp3) is 0.444. The molecule has 0 saturated heterocycles. The monoisotopic (exact) mass is 572 g/mol. The molecule has 2 rings (SSSR count). The zero-order valence-electron chi connectivity index (χ0n) is 16.1. The number of oxazole rings is 1. The average Bonchev–Trinajstić information content (AvgIpc) is 3.06. The molecule has 0 aliphatic carbocycles. The molecule has 1 heterocycles. The number of benzene rings is 1. The summed E-state index contributed by atoms with van der Waals surface area (Å²) in [6.07, 6.45) is 1.71. The maximum Gasteiger partial charge on any atom is 0.387 e. The number of nitrogens with zero attached hydrogens (tertiary/aromatic N) is 2. The number of alkyl halides is 2. The average molecular weight is 573 g/mol. The highest BCUT2D eigenvalue weighted by molar-refractivity contribution is 14.0. The molecule has 1 aromatic carbocycles. The molecule has 0 radical (unpaired) electrons. The van der Waals surface area contributed by atoms with E-state index in [1.807, 2.05) is 20.8 Å². The van der Waals surface area contributed by atoms with Crippen LogP contribution < -0.4 is 15.4 Å². The molecule has 0 bridgehead atoms. The summed E-state index contributed by atoms with van der Waals surface area (Å²) in [6, 6.07) is 4.84. The summed E-state index contributed by atoms with van der Waals surface area (Å²) in [5.41, 5.74) is 0.450. The number of halogens is 4. The van der Waals surface area contributed by atoms with Crippen LogP contribution >= 0.6 is 39.9 Å². The van der Waals surface area contributed by atoms with Gasteiger partial charge in [-0.25, -0.2) is 4.98 Å². The molecule has 6 nitrogen and oxygen atoms in total. The molecule has 0 fully saturated rings. The summed E-state index contributed by atoms with van der Waals surface area (Å²) in [7, 11) is 1.61. The molecule has 0 aliphatic heterocycles. The van der Waals surface area contributed by atoms with Crippen molar-refractivity contribution in [2.45, 2.75) is 45.9 Å². The van der Waals surface area contributed by atoms with Gasteiger partial charge in [0.2, 0.25) is 5.89 Å². The number of nitrogens with one attached hydrogen (secondary N) is 2. The Balaban J connectivity index is 0.00000392. The van der Waals surface area contributed by atoms with E-state index in [2.05, 4.69) is 41.3 Å². The molecule has 2 aromatic rings. The minimum absolute atomic E-state index is 0.